The van der Waals surface area contributed by atoms with Gasteiger partial charge in [-0.25, -0.2) is 17.6 Å². The van der Waals surface area contributed by atoms with Crippen molar-refractivity contribution < 1.29 is 17.6 Å². The third kappa shape index (κ3) is 3.19. The Morgan fingerprint density at radius 1 is 0.893 bits per heavy atom. The molecule has 0 aliphatic heterocycles. The van der Waals surface area contributed by atoms with Gasteiger partial charge in [-0.05, 0) is 65.5 Å². The largest absolute Gasteiger partial charge is 0.206 e. The van der Waals surface area contributed by atoms with Gasteiger partial charge in [0.05, 0.1) is 0 Å². The van der Waals surface area contributed by atoms with Gasteiger partial charge in [-0.2, -0.15) is 0 Å². The molecule has 0 nitrogen and oxygen atoms in total. The molecule has 1 aliphatic rings. The standard InChI is InChI=1S/C24H22F4/c1-2-3-5-14-8-9-17-16-6-4-7-20(25)18(16)10-11-19(17)23(14)15-12-21(26)24(28)22(27)13-15/h4,6-7,10-14,23H,2-3,5,8-9H2,1H3/t14-,23-/m1/s1. The second-order valence-electron chi connectivity index (χ2n) is 7.69. The average Bonchev–Trinajstić information content (AvgIpc) is 2.69. The second-order valence-corrected chi connectivity index (χ2v) is 7.69. The minimum absolute atomic E-state index is 0.211. The predicted molar refractivity (Wildman–Crippen MR) is 103 cm³/mol. The Kier molecular flexibility index (Phi) is 5.13. The topological polar surface area (TPSA) is 0 Å². The molecular formula is C24H22F4. The number of aryl methyl sites for hydroxylation is 1. The molecule has 1 aliphatic carbocycles. The van der Waals surface area contributed by atoms with Crippen molar-refractivity contribution in [3.63, 3.8) is 0 Å². The van der Waals surface area contributed by atoms with Crippen LogP contribution in [0.5, 0.6) is 0 Å². The molecule has 3 aromatic rings. The fraction of sp³-hybridized carbons (Fsp3) is 0.333. The first-order chi connectivity index (χ1) is 13.5. The van der Waals surface area contributed by atoms with Crippen molar-refractivity contribution in [2.45, 2.75) is 44.9 Å². The van der Waals surface area contributed by atoms with E-state index in [2.05, 4.69) is 6.92 Å². The summed E-state index contributed by atoms with van der Waals surface area (Å²) in [7, 11) is 0. The molecule has 0 radical (unpaired) electrons. The maximum atomic E-state index is 14.2. The fourth-order valence-electron chi connectivity index (χ4n) is 4.70. The van der Waals surface area contributed by atoms with Gasteiger partial charge >= 0.3 is 0 Å². The van der Waals surface area contributed by atoms with E-state index in [4.69, 9.17) is 0 Å². The monoisotopic (exact) mass is 386 g/mol. The molecule has 0 unspecified atom stereocenters. The number of rotatable bonds is 4. The van der Waals surface area contributed by atoms with Crippen LogP contribution in [0, 0.1) is 29.2 Å². The van der Waals surface area contributed by atoms with Crippen molar-refractivity contribution in [2.24, 2.45) is 5.92 Å². The van der Waals surface area contributed by atoms with E-state index in [0.717, 1.165) is 60.7 Å². The quantitative estimate of drug-likeness (QED) is 0.326. The van der Waals surface area contributed by atoms with Gasteiger partial charge in [0, 0.05) is 11.3 Å². The highest BCUT2D eigenvalue weighted by Gasteiger charge is 2.32. The second kappa shape index (κ2) is 7.57. The van der Waals surface area contributed by atoms with Gasteiger partial charge in [0.1, 0.15) is 5.82 Å². The smallest absolute Gasteiger partial charge is 0.194 e. The molecule has 3 aromatic carbocycles. The molecule has 28 heavy (non-hydrogen) atoms. The molecule has 0 aromatic heterocycles. The van der Waals surface area contributed by atoms with Crippen LogP contribution in [0.15, 0.2) is 42.5 Å². The van der Waals surface area contributed by atoms with E-state index in [1.165, 1.54) is 6.07 Å². The van der Waals surface area contributed by atoms with Crippen molar-refractivity contribution in [3.05, 3.63) is 82.4 Å². The van der Waals surface area contributed by atoms with Crippen LogP contribution >= 0.6 is 0 Å². The summed E-state index contributed by atoms with van der Waals surface area (Å²) in [6.07, 6.45) is 4.64. The van der Waals surface area contributed by atoms with Gasteiger partial charge in [-0.15, -0.1) is 0 Å². The average molecular weight is 386 g/mol. The molecule has 4 heteroatoms. The van der Waals surface area contributed by atoms with E-state index < -0.39 is 17.5 Å². The lowest BCUT2D eigenvalue weighted by molar-refractivity contribution is 0.368. The lowest BCUT2D eigenvalue weighted by Crippen LogP contribution is -2.23. The van der Waals surface area contributed by atoms with Gasteiger partial charge < -0.3 is 0 Å². The zero-order valence-electron chi connectivity index (χ0n) is 15.7. The third-order valence-electron chi connectivity index (χ3n) is 6.02. The summed E-state index contributed by atoms with van der Waals surface area (Å²) in [5.74, 6) is -4.06. The summed E-state index contributed by atoms with van der Waals surface area (Å²) >= 11 is 0. The molecule has 0 bridgehead atoms. The van der Waals surface area contributed by atoms with E-state index in [9.17, 15) is 17.6 Å². The number of fused-ring (bicyclic) bond motifs is 3. The molecule has 2 atom stereocenters. The summed E-state index contributed by atoms with van der Waals surface area (Å²) in [5, 5.41) is 1.41. The Labute approximate surface area is 162 Å². The molecular weight excluding hydrogens is 364 g/mol. The SMILES string of the molecule is CCCC[C@@H]1CCc2c(ccc3c(F)cccc23)[C@H]1c1cc(F)c(F)c(F)c1. The Bertz CT molecular complexity index is 1000. The number of hydrogen-bond donors (Lipinski definition) is 0. The van der Waals surface area contributed by atoms with Crippen LogP contribution in [-0.2, 0) is 6.42 Å². The van der Waals surface area contributed by atoms with Gasteiger partial charge in [-0.1, -0.05) is 44.0 Å². The lowest BCUT2D eigenvalue weighted by Gasteiger charge is -2.35. The van der Waals surface area contributed by atoms with E-state index >= 15 is 0 Å². The number of unbranched alkanes of at least 4 members (excludes halogenated alkanes) is 1. The summed E-state index contributed by atoms with van der Waals surface area (Å²) < 4.78 is 55.7. The molecule has 0 saturated carbocycles. The third-order valence-corrected chi connectivity index (χ3v) is 6.02. The molecule has 146 valence electrons. The van der Waals surface area contributed by atoms with Crippen molar-refractivity contribution >= 4 is 10.8 Å². The summed E-state index contributed by atoms with van der Waals surface area (Å²) in [6, 6.07) is 10.9. The molecule has 0 fully saturated rings. The Morgan fingerprint density at radius 2 is 1.64 bits per heavy atom. The minimum atomic E-state index is -1.44. The molecule has 0 heterocycles. The Morgan fingerprint density at radius 3 is 2.36 bits per heavy atom. The van der Waals surface area contributed by atoms with Crippen LogP contribution in [0.3, 0.4) is 0 Å². The predicted octanol–water partition coefficient (Wildman–Crippen LogP) is 7.28. The summed E-state index contributed by atoms with van der Waals surface area (Å²) in [6.45, 7) is 2.11. The normalized spacial score (nSPS) is 19.0. The zero-order valence-corrected chi connectivity index (χ0v) is 15.7. The Hall–Kier alpha value is -2.36. The first-order valence-corrected chi connectivity index (χ1v) is 9.85. The van der Waals surface area contributed by atoms with Crippen LogP contribution in [0.25, 0.3) is 10.8 Å². The lowest BCUT2D eigenvalue weighted by atomic mass is 9.69. The zero-order chi connectivity index (χ0) is 19.8. The summed E-state index contributed by atoms with van der Waals surface area (Å²) in [4.78, 5) is 0. The number of halogens is 4. The first kappa shape index (κ1) is 19.0. The van der Waals surface area contributed by atoms with E-state index in [1.807, 2.05) is 12.1 Å². The molecule has 0 spiro atoms. The van der Waals surface area contributed by atoms with Crippen molar-refractivity contribution in [2.75, 3.05) is 0 Å². The van der Waals surface area contributed by atoms with Crippen molar-refractivity contribution in [1.29, 1.82) is 0 Å². The fourth-order valence-corrected chi connectivity index (χ4v) is 4.70. The van der Waals surface area contributed by atoms with E-state index in [1.54, 1.807) is 12.1 Å². The number of hydrogen-bond acceptors (Lipinski definition) is 0. The van der Waals surface area contributed by atoms with Gasteiger partial charge in [0.25, 0.3) is 0 Å². The first-order valence-electron chi connectivity index (χ1n) is 9.85. The Balaban J connectivity index is 1.90. The van der Waals surface area contributed by atoms with Crippen molar-refractivity contribution in [1.82, 2.24) is 0 Å². The molecule has 4 rings (SSSR count). The highest BCUT2D eigenvalue weighted by atomic mass is 19.2. The van der Waals surface area contributed by atoms with E-state index in [-0.39, 0.29) is 17.7 Å². The van der Waals surface area contributed by atoms with Crippen LogP contribution in [0.4, 0.5) is 17.6 Å². The highest BCUT2D eigenvalue weighted by Crippen LogP contribution is 2.45. The summed E-state index contributed by atoms with van der Waals surface area (Å²) in [5.41, 5.74) is 2.45. The van der Waals surface area contributed by atoms with Crippen LogP contribution in [0.2, 0.25) is 0 Å². The molecule has 0 N–H and O–H groups in total. The van der Waals surface area contributed by atoms with Crippen LogP contribution in [-0.4, -0.2) is 0 Å². The molecule has 0 saturated heterocycles. The maximum Gasteiger partial charge on any atom is 0.194 e. The number of benzene rings is 3. The molecule has 0 amide bonds. The van der Waals surface area contributed by atoms with Gasteiger partial charge in [0.15, 0.2) is 17.5 Å². The highest BCUT2D eigenvalue weighted by molar-refractivity contribution is 5.88. The maximum absolute atomic E-state index is 14.2. The van der Waals surface area contributed by atoms with E-state index in [0.29, 0.717) is 10.9 Å². The van der Waals surface area contributed by atoms with Crippen LogP contribution in [0.1, 0.15) is 55.2 Å². The van der Waals surface area contributed by atoms with Crippen LogP contribution < -0.4 is 0 Å². The van der Waals surface area contributed by atoms with Crippen molar-refractivity contribution in [3.8, 4) is 0 Å². The minimum Gasteiger partial charge on any atom is -0.206 e. The van der Waals surface area contributed by atoms with Gasteiger partial charge in [-0.3, -0.25) is 0 Å². The van der Waals surface area contributed by atoms with Gasteiger partial charge in [0.2, 0.25) is 0 Å².